The third-order valence-corrected chi connectivity index (χ3v) is 3.76. The first-order valence-corrected chi connectivity index (χ1v) is 8.22. The number of carbonyl (C=O) groups is 1. The molecule has 1 unspecified atom stereocenters. The zero-order valence-electron chi connectivity index (χ0n) is 14.2. The number of nitrogens with one attached hydrogen (secondary N) is 3. The van der Waals surface area contributed by atoms with Gasteiger partial charge in [0.25, 0.3) is 0 Å². The van der Waals surface area contributed by atoms with Gasteiger partial charge in [0.2, 0.25) is 5.91 Å². The molecule has 0 spiro atoms. The van der Waals surface area contributed by atoms with Crippen molar-refractivity contribution in [3.05, 3.63) is 30.1 Å². The molecule has 1 atom stereocenters. The number of amides is 1. The van der Waals surface area contributed by atoms with Crippen molar-refractivity contribution in [1.82, 2.24) is 10.6 Å². The summed E-state index contributed by atoms with van der Waals surface area (Å²) in [6.07, 6.45) is 2.06. The molecule has 1 fully saturated rings. The monoisotopic (exact) mass is 336 g/mol. The average Bonchev–Trinajstić information content (AvgIpc) is 2.97. The molecule has 1 aliphatic rings. The largest absolute Gasteiger partial charge is 0.373 e. The Morgan fingerprint density at radius 2 is 2.25 bits per heavy atom. The van der Waals surface area contributed by atoms with Gasteiger partial charge in [-0.15, -0.1) is 0 Å². The Labute approximate surface area is 141 Å². The molecule has 7 heteroatoms. The minimum atomic E-state index is -0.392. The van der Waals surface area contributed by atoms with Crippen molar-refractivity contribution >= 4 is 17.6 Å². The van der Waals surface area contributed by atoms with E-state index in [1.165, 1.54) is 12.1 Å². The van der Waals surface area contributed by atoms with Gasteiger partial charge in [0.05, 0.1) is 5.60 Å². The number of rotatable bonds is 6. The number of ether oxygens (including phenoxy) is 1. The van der Waals surface area contributed by atoms with Crippen LogP contribution in [-0.2, 0) is 9.53 Å². The Kier molecular flexibility index (Phi) is 6.54. The molecule has 1 aromatic rings. The molecule has 1 aromatic carbocycles. The summed E-state index contributed by atoms with van der Waals surface area (Å²) < 4.78 is 18.8. The molecule has 3 N–H and O–H groups in total. The Bertz CT molecular complexity index is 586. The molecule has 1 saturated heterocycles. The number of carbonyl (C=O) groups excluding carboxylic acids is 1. The summed E-state index contributed by atoms with van der Waals surface area (Å²) in [5, 5.41) is 8.92. The van der Waals surface area contributed by atoms with Gasteiger partial charge in [0.15, 0.2) is 5.96 Å². The highest BCUT2D eigenvalue weighted by molar-refractivity contribution is 5.94. The first kappa shape index (κ1) is 18.2. The number of guanidine groups is 1. The Morgan fingerprint density at radius 1 is 1.42 bits per heavy atom. The quantitative estimate of drug-likeness (QED) is 0.548. The lowest BCUT2D eigenvalue weighted by molar-refractivity contribution is -0.114. The zero-order chi connectivity index (χ0) is 17.4. The molecule has 0 aliphatic carbocycles. The fourth-order valence-electron chi connectivity index (χ4n) is 2.51. The average molecular weight is 336 g/mol. The molecule has 1 heterocycles. The fraction of sp³-hybridized carbons (Fsp3) is 0.529. The van der Waals surface area contributed by atoms with E-state index in [-0.39, 0.29) is 18.1 Å². The van der Waals surface area contributed by atoms with Crippen molar-refractivity contribution in [2.45, 2.75) is 32.3 Å². The number of aliphatic imine (C=N–C) groups is 1. The van der Waals surface area contributed by atoms with Gasteiger partial charge >= 0.3 is 0 Å². The predicted octanol–water partition coefficient (Wildman–Crippen LogP) is 1.89. The highest BCUT2D eigenvalue weighted by atomic mass is 19.1. The lowest BCUT2D eigenvalue weighted by Gasteiger charge is -2.24. The van der Waals surface area contributed by atoms with Gasteiger partial charge in [0, 0.05) is 25.4 Å². The number of halogens is 1. The second kappa shape index (κ2) is 8.63. The zero-order valence-corrected chi connectivity index (χ0v) is 14.2. The van der Waals surface area contributed by atoms with E-state index >= 15 is 0 Å². The third-order valence-electron chi connectivity index (χ3n) is 3.76. The van der Waals surface area contributed by atoms with Gasteiger partial charge in [-0.3, -0.25) is 4.79 Å². The summed E-state index contributed by atoms with van der Waals surface area (Å²) in [6.45, 7) is 6.07. The second-order valence-electron chi connectivity index (χ2n) is 6.01. The molecular weight excluding hydrogens is 311 g/mol. The van der Waals surface area contributed by atoms with Crippen molar-refractivity contribution in [2.75, 3.05) is 31.6 Å². The lowest BCUT2D eigenvalue weighted by atomic mass is 10.0. The molecule has 0 bridgehead atoms. The van der Waals surface area contributed by atoms with Crippen LogP contribution in [0.25, 0.3) is 0 Å². The van der Waals surface area contributed by atoms with Crippen LogP contribution in [0.4, 0.5) is 10.1 Å². The van der Waals surface area contributed by atoms with Crippen LogP contribution < -0.4 is 16.0 Å². The standard InChI is InChI=1S/C17H25FN4O2/c1-3-19-16(21-12-17(2)8-5-9-24-17)20-11-15(23)22-14-7-4-6-13(18)10-14/h4,6-7,10H,3,5,8-9,11-12H2,1-2H3,(H,22,23)(H2,19,20,21). The van der Waals surface area contributed by atoms with Gasteiger partial charge in [-0.05, 0) is 44.9 Å². The van der Waals surface area contributed by atoms with Crippen LogP contribution >= 0.6 is 0 Å². The molecule has 6 nitrogen and oxygen atoms in total. The normalized spacial score (nSPS) is 20.7. The van der Waals surface area contributed by atoms with Gasteiger partial charge in [-0.1, -0.05) is 6.07 Å². The summed E-state index contributed by atoms with van der Waals surface area (Å²) in [6, 6.07) is 5.77. The molecule has 132 valence electrons. The maximum Gasteiger partial charge on any atom is 0.246 e. The van der Waals surface area contributed by atoms with Crippen LogP contribution in [0, 0.1) is 5.82 Å². The smallest absolute Gasteiger partial charge is 0.246 e. The van der Waals surface area contributed by atoms with Crippen LogP contribution in [0.15, 0.2) is 29.3 Å². The third kappa shape index (κ3) is 5.81. The van der Waals surface area contributed by atoms with Gasteiger partial charge < -0.3 is 20.7 Å². The maximum atomic E-state index is 13.1. The summed E-state index contributed by atoms with van der Waals surface area (Å²) in [7, 11) is 0. The highest BCUT2D eigenvalue weighted by Crippen LogP contribution is 2.23. The summed E-state index contributed by atoms with van der Waals surface area (Å²) in [5.74, 6) is -0.138. The summed E-state index contributed by atoms with van der Waals surface area (Å²) >= 11 is 0. The molecule has 2 rings (SSSR count). The minimum absolute atomic E-state index is 0.0522. The summed E-state index contributed by atoms with van der Waals surface area (Å²) in [5.41, 5.74) is 0.222. The Hall–Kier alpha value is -2.15. The molecule has 0 saturated carbocycles. The van der Waals surface area contributed by atoms with Gasteiger partial charge in [-0.25, -0.2) is 9.38 Å². The van der Waals surface area contributed by atoms with Gasteiger partial charge in [-0.2, -0.15) is 0 Å². The van der Waals surface area contributed by atoms with E-state index in [1.54, 1.807) is 12.1 Å². The molecule has 1 aliphatic heterocycles. The number of benzene rings is 1. The lowest BCUT2D eigenvalue weighted by Crippen LogP contribution is -2.45. The van der Waals surface area contributed by atoms with Crippen LogP contribution in [0.5, 0.6) is 0 Å². The van der Waals surface area contributed by atoms with E-state index in [0.717, 1.165) is 19.4 Å². The predicted molar refractivity (Wildman–Crippen MR) is 92.6 cm³/mol. The van der Waals surface area contributed by atoms with Crippen molar-refractivity contribution in [1.29, 1.82) is 0 Å². The number of hydrogen-bond acceptors (Lipinski definition) is 3. The van der Waals surface area contributed by atoms with Crippen LogP contribution in [-0.4, -0.2) is 43.7 Å². The van der Waals surface area contributed by atoms with Crippen molar-refractivity contribution < 1.29 is 13.9 Å². The second-order valence-corrected chi connectivity index (χ2v) is 6.01. The summed E-state index contributed by atoms with van der Waals surface area (Å²) in [4.78, 5) is 16.2. The van der Waals surface area contributed by atoms with E-state index in [1.807, 2.05) is 6.92 Å². The topological polar surface area (TPSA) is 74.8 Å². The SMILES string of the molecule is CCNC(=NCC(=O)Nc1cccc(F)c1)NCC1(C)CCCO1. The number of hydrogen-bond donors (Lipinski definition) is 3. The van der Waals surface area contributed by atoms with Crippen molar-refractivity contribution in [3.63, 3.8) is 0 Å². The van der Waals surface area contributed by atoms with Crippen LogP contribution in [0.3, 0.4) is 0 Å². The Balaban J connectivity index is 1.86. The van der Waals surface area contributed by atoms with Crippen molar-refractivity contribution in [3.8, 4) is 0 Å². The maximum absolute atomic E-state index is 13.1. The van der Waals surface area contributed by atoms with E-state index in [2.05, 4.69) is 27.9 Å². The molecule has 0 aromatic heterocycles. The van der Waals surface area contributed by atoms with E-state index < -0.39 is 5.82 Å². The van der Waals surface area contributed by atoms with E-state index in [4.69, 9.17) is 4.74 Å². The number of nitrogens with zero attached hydrogens (tertiary/aromatic N) is 1. The molecule has 0 radical (unpaired) electrons. The van der Waals surface area contributed by atoms with Gasteiger partial charge in [0.1, 0.15) is 12.4 Å². The number of anilines is 1. The van der Waals surface area contributed by atoms with E-state index in [9.17, 15) is 9.18 Å². The molecular formula is C17H25FN4O2. The highest BCUT2D eigenvalue weighted by Gasteiger charge is 2.29. The van der Waals surface area contributed by atoms with Crippen LogP contribution in [0.2, 0.25) is 0 Å². The first-order chi connectivity index (χ1) is 11.5. The van der Waals surface area contributed by atoms with E-state index in [0.29, 0.717) is 24.7 Å². The van der Waals surface area contributed by atoms with Crippen molar-refractivity contribution in [2.24, 2.45) is 4.99 Å². The molecule has 1 amide bonds. The molecule has 24 heavy (non-hydrogen) atoms. The minimum Gasteiger partial charge on any atom is -0.373 e. The van der Waals surface area contributed by atoms with Crippen LogP contribution in [0.1, 0.15) is 26.7 Å². The first-order valence-electron chi connectivity index (χ1n) is 8.22. The fourth-order valence-corrected chi connectivity index (χ4v) is 2.51. The Morgan fingerprint density at radius 3 is 2.92 bits per heavy atom.